The van der Waals surface area contributed by atoms with Gasteiger partial charge in [-0.05, 0) is 84.2 Å². The summed E-state index contributed by atoms with van der Waals surface area (Å²) in [4.78, 5) is 27.5. The molecule has 2 aromatic rings. The number of rotatable bonds is 6. The van der Waals surface area contributed by atoms with Crippen molar-refractivity contribution < 1.29 is 23.5 Å². The molecule has 1 amide bonds. The lowest BCUT2D eigenvalue weighted by Crippen LogP contribution is -2.38. The number of hydrogen-bond acceptors (Lipinski definition) is 6. The van der Waals surface area contributed by atoms with E-state index in [9.17, 15) is 9.59 Å². The second-order valence-corrected chi connectivity index (χ2v) is 10.8. The number of nitrogens with zero attached hydrogens (tertiary/aromatic N) is 1. The van der Waals surface area contributed by atoms with Crippen molar-refractivity contribution in [2.24, 2.45) is 11.8 Å². The van der Waals surface area contributed by atoms with Gasteiger partial charge in [0.1, 0.15) is 16.8 Å². The first-order valence-electron chi connectivity index (χ1n) is 11.5. The van der Waals surface area contributed by atoms with E-state index in [4.69, 9.17) is 19.3 Å². The van der Waals surface area contributed by atoms with E-state index < -0.39 is 11.2 Å². The number of esters is 1. The molecule has 1 aliphatic rings. The lowest BCUT2D eigenvalue weighted by molar-refractivity contribution is -0.161. The maximum Gasteiger partial charge on any atom is 0.410 e. The highest BCUT2D eigenvalue weighted by Gasteiger charge is 2.39. The Kier molecular flexibility index (Phi) is 7.20. The number of carbonyl (C=O) groups is 2. The molecule has 1 fully saturated rings. The van der Waals surface area contributed by atoms with Gasteiger partial charge in [-0.1, -0.05) is 6.07 Å². The van der Waals surface area contributed by atoms with E-state index in [0.717, 1.165) is 28.5 Å². The van der Waals surface area contributed by atoms with Crippen LogP contribution in [0.3, 0.4) is 0 Å². The summed E-state index contributed by atoms with van der Waals surface area (Å²) in [6.07, 6.45) is 4.41. The van der Waals surface area contributed by atoms with Gasteiger partial charge < -0.3 is 24.2 Å². The number of amides is 1. The van der Waals surface area contributed by atoms with Crippen LogP contribution >= 0.6 is 0 Å². The maximum absolute atomic E-state index is 13.2. The number of carbonyl (C=O) groups excluding carboxylic acids is 2. The van der Waals surface area contributed by atoms with Crippen LogP contribution in [0.4, 0.5) is 4.79 Å². The predicted molar refractivity (Wildman–Crippen MR) is 128 cm³/mol. The number of nitrogens with one attached hydrogen (secondary N) is 1. The molecule has 2 atom stereocenters. The first-order chi connectivity index (χ1) is 15.4. The molecule has 0 radical (unpaired) electrons. The lowest BCUT2D eigenvalue weighted by atomic mass is 9.85. The minimum absolute atomic E-state index is 0.0199. The zero-order valence-corrected chi connectivity index (χ0v) is 20.6. The molecular formula is C26H36N2O5. The summed E-state index contributed by atoms with van der Waals surface area (Å²) in [7, 11) is 0. The van der Waals surface area contributed by atoms with Crippen LogP contribution in [0, 0.1) is 17.2 Å². The third-order valence-electron chi connectivity index (χ3n) is 5.65. The van der Waals surface area contributed by atoms with E-state index in [-0.39, 0.29) is 23.9 Å². The van der Waals surface area contributed by atoms with Gasteiger partial charge in [0.15, 0.2) is 0 Å². The van der Waals surface area contributed by atoms with Gasteiger partial charge in [0.2, 0.25) is 0 Å². The van der Waals surface area contributed by atoms with Crippen molar-refractivity contribution >= 4 is 29.2 Å². The molecule has 3 rings (SSSR count). The van der Waals surface area contributed by atoms with Crippen LogP contribution in [0.5, 0.6) is 0 Å². The number of benzene rings is 1. The Bertz CT molecular complexity index is 1010. The van der Waals surface area contributed by atoms with Crippen molar-refractivity contribution in [1.29, 1.82) is 5.41 Å². The van der Waals surface area contributed by atoms with E-state index in [2.05, 4.69) is 0 Å². The Morgan fingerprint density at radius 1 is 1.18 bits per heavy atom. The quantitative estimate of drug-likeness (QED) is 0.465. The third kappa shape index (κ3) is 6.59. The number of hydrogen-bond donors (Lipinski definition) is 1. The monoisotopic (exact) mass is 456 g/mol. The van der Waals surface area contributed by atoms with Crippen LogP contribution < -0.4 is 0 Å². The van der Waals surface area contributed by atoms with Crippen molar-refractivity contribution in [1.82, 2.24) is 4.90 Å². The molecule has 0 spiro atoms. The lowest BCUT2D eigenvalue weighted by Gasteiger charge is -2.28. The van der Waals surface area contributed by atoms with E-state index in [1.165, 1.54) is 6.21 Å². The van der Waals surface area contributed by atoms with Gasteiger partial charge in [-0.2, -0.15) is 0 Å². The zero-order chi connectivity index (χ0) is 24.4. The fourth-order valence-corrected chi connectivity index (χ4v) is 4.21. The van der Waals surface area contributed by atoms with Crippen LogP contribution in [-0.4, -0.2) is 47.5 Å². The molecule has 0 aliphatic carbocycles. The topological polar surface area (TPSA) is 92.8 Å². The molecular weight excluding hydrogens is 420 g/mol. The molecule has 1 N–H and O–H groups in total. The summed E-state index contributed by atoms with van der Waals surface area (Å²) in [5, 5.41) is 8.37. The minimum Gasteiger partial charge on any atom is -0.464 e. The largest absolute Gasteiger partial charge is 0.464 e. The normalized spacial score (nSPS) is 17.8. The Hall–Kier alpha value is -2.83. The van der Waals surface area contributed by atoms with Crippen molar-refractivity contribution in [3.8, 4) is 0 Å². The standard InChI is InChI=1S/C26H36N2O5/c1-25(2,3)32-23(29)21(18-10-12-28(15-18)24(30)33-26(4,5)6)14-17-7-8-22-20(13-17)19(9-11-27)16-31-22/h7-8,11,13,16,18,21,27H,9-10,12,14-15H2,1-6H3/t18-,21-/m0/s1. The van der Waals surface area contributed by atoms with Crippen molar-refractivity contribution in [3.63, 3.8) is 0 Å². The molecule has 0 unspecified atom stereocenters. The molecule has 1 aromatic carbocycles. The molecule has 33 heavy (non-hydrogen) atoms. The first kappa shape index (κ1) is 24.8. The molecule has 2 heterocycles. The average Bonchev–Trinajstić information content (AvgIpc) is 3.31. The second kappa shape index (κ2) is 9.57. The van der Waals surface area contributed by atoms with Crippen LogP contribution in [0.2, 0.25) is 0 Å². The number of ether oxygens (including phenoxy) is 2. The fraction of sp³-hybridized carbons (Fsp3) is 0.577. The summed E-state index contributed by atoms with van der Waals surface area (Å²) in [6.45, 7) is 12.2. The van der Waals surface area contributed by atoms with E-state index >= 15 is 0 Å². The number of likely N-dealkylation sites (tertiary alicyclic amines) is 1. The Morgan fingerprint density at radius 3 is 2.52 bits per heavy atom. The van der Waals surface area contributed by atoms with Gasteiger partial charge in [-0.3, -0.25) is 4.79 Å². The average molecular weight is 457 g/mol. The predicted octanol–water partition coefficient (Wildman–Crippen LogP) is 5.38. The summed E-state index contributed by atoms with van der Waals surface area (Å²) in [6, 6.07) is 5.92. The maximum atomic E-state index is 13.2. The summed E-state index contributed by atoms with van der Waals surface area (Å²) in [5.74, 6) is -0.647. The summed E-state index contributed by atoms with van der Waals surface area (Å²) in [5.41, 5.74) is 1.56. The van der Waals surface area contributed by atoms with Crippen molar-refractivity contribution in [3.05, 3.63) is 35.6 Å². The van der Waals surface area contributed by atoms with Crippen molar-refractivity contribution in [2.45, 2.75) is 72.0 Å². The van der Waals surface area contributed by atoms with Gasteiger partial charge in [0, 0.05) is 30.5 Å². The van der Waals surface area contributed by atoms with E-state index in [1.54, 1.807) is 11.2 Å². The summed E-state index contributed by atoms with van der Waals surface area (Å²) < 4.78 is 16.9. The minimum atomic E-state index is -0.593. The molecule has 1 saturated heterocycles. The SMILES string of the molecule is CC(C)(C)OC(=O)[C@@H](Cc1ccc2occ(CC=N)c2c1)[C@H]1CCN(C(=O)OC(C)(C)C)C1. The molecule has 7 heteroatoms. The Morgan fingerprint density at radius 2 is 1.88 bits per heavy atom. The molecule has 0 bridgehead atoms. The summed E-state index contributed by atoms with van der Waals surface area (Å²) >= 11 is 0. The highest BCUT2D eigenvalue weighted by atomic mass is 16.6. The van der Waals surface area contributed by atoms with Gasteiger partial charge >= 0.3 is 12.1 Å². The Balaban J connectivity index is 1.83. The van der Waals surface area contributed by atoms with Gasteiger partial charge in [0.25, 0.3) is 0 Å². The van der Waals surface area contributed by atoms with Crippen LogP contribution in [-0.2, 0) is 27.1 Å². The van der Waals surface area contributed by atoms with Crippen LogP contribution in [0.1, 0.15) is 59.1 Å². The van der Waals surface area contributed by atoms with Gasteiger partial charge in [-0.15, -0.1) is 0 Å². The molecule has 7 nitrogen and oxygen atoms in total. The molecule has 1 aromatic heterocycles. The van der Waals surface area contributed by atoms with Gasteiger partial charge in [-0.25, -0.2) is 4.79 Å². The Labute approximate surface area is 195 Å². The van der Waals surface area contributed by atoms with E-state index in [1.807, 2.05) is 59.7 Å². The number of furan rings is 1. The first-order valence-corrected chi connectivity index (χ1v) is 11.5. The number of fused-ring (bicyclic) bond motifs is 1. The highest BCUT2D eigenvalue weighted by molar-refractivity contribution is 5.84. The smallest absolute Gasteiger partial charge is 0.410 e. The van der Waals surface area contributed by atoms with Crippen LogP contribution in [0.25, 0.3) is 11.0 Å². The second-order valence-electron chi connectivity index (χ2n) is 10.8. The molecule has 0 saturated carbocycles. The van der Waals surface area contributed by atoms with Crippen molar-refractivity contribution in [2.75, 3.05) is 13.1 Å². The molecule has 1 aliphatic heterocycles. The fourth-order valence-electron chi connectivity index (χ4n) is 4.21. The van der Waals surface area contributed by atoms with Gasteiger partial charge in [0.05, 0.1) is 12.2 Å². The zero-order valence-electron chi connectivity index (χ0n) is 20.6. The third-order valence-corrected chi connectivity index (χ3v) is 5.65. The molecule has 180 valence electrons. The van der Waals surface area contributed by atoms with Crippen LogP contribution in [0.15, 0.2) is 28.9 Å². The highest BCUT2D eigenvalue weighted by Crippen LogP contribution is 2.32. The van der Waals surface area contributed by atoms with E-state index in [0.29, 0.717) is 25.9 Å².